The van der Waals surface area contributed by atoms with Crippen molar-refractivity contribution in [3.8, 4) is 0 Å². The highest BCUT2D eigenvalue weighted by molar-refractivity contribution is 5.95. The molecule has 35 heavy (non-hydrogen) atoms. The summed E-state index contributed by atoms with van der Waals surface area (Å²) in [5, 5.41) is 15.8. The van der Waals surface area contributed by atoms with Crippen molar-refractivity contribution in [3.63, 3.8) is 0 Å². The SMILES string of the molecule is Cc1ccc(/C=C/C(O)CCCCc2cc(NC(=O)C(C)(C)C)nc(NC(=O)C(C)(C)C)n2)cn1. The van der Waals surface area contributed by atoms with E-state index < -0.39 is 16.9 Å². The van der Waals surface area contributed by atoms with Crippen molar-refractivity contribution < 1.29 is 14.7 Å². The Labute approximate surface area is 208 Å². The van der Waals surface area contributed by atoms with Crippen LogP contribution in [0.2, 0.25) is 0 Å². The van der Waals surface area contributed by atoms with Crippen LogP contribution in [0.25, 0.3) is 6.08 Å². The van der Waals surface area contributed by atoms with Gasteiger partial charge in [-0.3, -0.25) is 19.9 Å². The maximum Gasteiger partial charge on any atom is 0.232 e. The Morgan fingerprint density at radius 2 is 1.66 bits per heavy atom. The molecule has 190 valence electrons. The topological polar surface area (TPSA) is 117 Å². The lowest BCUT2D eigenvalue weighted by molar-refractivity contribution is -0.123. The second kappa shape index (κ2) is 12.0. The van der Waals surface area contributed by atoms with E-state index in [0.29, 0.717) is 24.4 Å². The number of aryl methyl sites for hydroxylation is 2. The fraction of sp³-hybridized carbons (Fsp3) is 0.519. The van der Waals surface area contributed by atoms with Gasteiger partial charge in [0.25, 0.3) is 0 Å². The van der Waals surface area contributed by atoms with Crippen LogP contribution in [0.3, 0.4) is 0 Å². The molecule has 2 aromatic rings. The molecule has 0 radical (unpaired) electrons. The molecule has 0 saturated carbocycles. The van der Waals surface area contributed by atoms with Gasteiger partial charge in [0.1, 0.15) is 5.82 Å². The Bertz CT molecular complexity index is 988. The average molecular weight is 482 g/mol. The average Bonchev–Trinajstić information content (AvgIpc) is 2.75. The summed E-state index contributed by atoms with van der Waals surface area (Å²) in [5.74, 6) is 0.144. The van der Waals surface area contributed by atoms with Crippen molar-refractivity contribution in [2.45, 2.75) is 80.3 Å². The van der Waals surface area contributed by atoms with Gasteiger partial charge in [-0.05, 0) is 37.8 Å². The van der Waals surface area contributed by atoms with Gasteiger partial charge >= 0.3 is 0 Å². The summed E-state index contributed by atoms with van der Waals surface area (Å²) >= 11 is 0. The summed E-state index contributed by atoms with van der Waals surface area (Å²) in [7, 11) is 0. The van der Waals surface area contributed by atoms with Crippen LogP contribution in [-0.4, -0.2) is 38.0 Å². The number of carbonyl (C=O) groups is 2. The molecule has 3 N–H and O–H groups in total. The van der Waals surface area contributed by atoms with Crippen molar-refractivity contribution in [1.82, 2.24) is 15.0 Å². The molecular weight excluding hydrogens is 442 g/mol. The number of anilines is 2. The van der Waals surface area contributed by atoms with Crippen LogP contribution in [0.5, 0.6) is 0 Å². The summed E-state index contributed by atoms with van der Waals surface area (Å²) in [6.45, 7) is 12.8. The maximum atomic E-state index is 12.5. The van der Waals surface area contributed by atoms with Crippen molar-refractivity contribution >= 4 is 29.7 Å². The molecule has 2 heterocycles. The molecule has 0 spiro atoms. The van der Waals surface area contributed by atoms with Crippen molar-refractivity contribution in [1.29, 1.82) is 0 Å². The Morgan fingerprint density at radius 3 is 2.26 bits per heavy atom. The van der Waals surface area contributed by atoms with Gasteiger partial charge in [-0.1, -0.05) is 66.2 Å². The second-order valence-electron chi connectivity index (χ2n) is 10.9. The molecule has 0 aromatic carbocycles. The van der Waals surface area contributed by atoms with E-state index in [1.54, 1.807) is 18.3 Å². The van der Waals surface area contributed by atoms with Gasteiger partial charge in [0.2, 0.25) is 17.8 Å². The number of aliphatic hydroxyl groups is 1. The zero-order valence-electron chi connectivity index (χ0n) is 22.0. The van der Waals surface area contributed by atoms with E-state index in [1.807, 2.05) is 66.7 Å². The molecule has 8 heteroatoms. The van der Waals surface area contributed by atoms with E-state index in [4.69, 9.17) is 0 Å². The molecule has 1 unspecified atom stereocenters. The maximum absolute atomic E-state index is 12.5. The van der Waals surface area contributed by atoms with E-state index in [1.165, 1.54) is 0 Å². The highest BCUT2D eigenvalue weighted by Gasteiger charge is 2.24. The van der Waals surface area contributed by atoms with Gasteiger partial charge in [0, 0.05) is 34.5 Å². The molecule has 0 fully saturated rings. The normalized spacial score (nSPS) is 13.0. The molecule has 1 atom stereocenters. The van der Waals surface area contributed by atoms with Crippen LogP contribution in [0, 0.1) is 17.8 Å². The minimum atomic E-state index is -0.605. The molecule has 2 amide bonds. The van der Waals surface area contributed by atoms with Crippen molar-refractivity contribution in [3.05, 3.63) is 47.4 Å². The smallest absolute Gasteiger partial charge is 0.232 e. The first-order valence-corrected chi connectivity index (χ1v) is 12.0. The fourth-order valence-corrected chi connectivity index (χ4v) is 2.89. The Kier molecular flexibility index (Phi) is 9.65. The van der Waals surface area contributed by atoms with Crippen LogP contribution in [0.4, 0.5) is 11.8 Å². The molecule has 0 aliphatic rings. The fourth-order valence-electron chi connectivity index (χ4n) is 2.89. The van der Waals surface area contributed by atoms with E-state index >= 15 is 0 Å². The highest BCUT2D eigenvalue weighted by Crippen LogP contribution is 2.21. The predicted octanol–water partition coefficient (Wildman–Crippen LogP) is 4.94. The number of nitrogens with one attached hydrogen (secondary N) is 2. The van der Waals surface area contributed by atoms with E-state index in [2.05, 4.69) is 25.6 Å². The summed E-state index contributed by atoms with van der Waals surface area (Å²) in [5.41, 5.74) is 1.43. The third-order valence-corrected chi connectivity index (χ3v) is 5.24. The lowest BCUT2D eigenvalue weighted by Crippen LogP contribution is -2.30. The first-order valence-electron chi connectivity index (χ1n) is 12.0. The van der Waals surface area contributed by atoms with Gasteiger partial charge < -0.3 is 10.4 Å². The van der Waals surface area contributed by atoms with Gasteiger partial charge in [0.05, 0.1) is 6.10 Å². The van der Waals surface area contributed by atoms with Crippen LogP contribution in [-0.2, 0) is 16.0 Å². The van der Waals surface area contributed by atoms with Crippen LogP contribution < -0.4 is 10.6 Å². The third kappa shape index (κ3) is 9.94. The monoisotopic (exact) mass is 481 g/mol. The van der Waals surface area contributed by atoms with E-state index in [9.17, 15) is 14.7 Å². The molecule has 0 aliphatic heterocycles. The highest BCUT2D eigenvalue weighted by atomic mass is 16.3. The first-order chi connectivity index (χ1) is 16.2. The lowest BCUT2D eigenvalue weighted by Gasteiger charge is -2.19. The number of carbonyl (C=O) groups excluding carboxylic acids is 2. The molecular formula is C27H39N5O3. The Balaban J connectivity index is 2.01. The van der Waals surface area contributed by atoms with Gasteiger partial charge in [-0.25, -0.2) is 4.98 Å². The zero-order chi connectivity index (χ0) is 26.2. The van der Waals surface area contributed by atoms with E-state index in [0.717, 1.165) is 24.1 Å². The molecule has 2 rings (SSSR count). The number of hydrogen-bond donors (Lipinski definition) is 3. The lowest BCUT2D eigenvalue weighted by atomic mass is 9.96. The van der Waals surface area contributed by atoms with Crippen molar-refractivity contribution in [2.75, 3.05) is 10.6 Å². The van der Waals surface area contributed by atoms with Crippen LogP contribution in [0.15, 0.2) is 30.5 Å². The molecule has 8 nitrogen and oxygen atoms in total. The largest absolute Gasteiger partial charge is 0.389 e. The Morgan fingerprint density at radius 1 is 1.00 bits per heavy atom. The number of rotatable bonds is 9. The van der Waals surface area contributed by atoms with Gasteiger partial charge in [-0.15, -0.1) is 0 Å². The summed E-state index contributed by atoms with van der Waals surface area (Å²) in [4.78, 5) is 37.9. The van der Waals surface area contributed by atoms with Gasteiger partial charge in [0.15, 0.2) is 0 Å². The number of aliphatic hydroxyl groups excluding tert-OH is 1. The third-order valence-electron chi connectivity index (χ3n) is 5.24. The van der Waals surface area contributed by atoms with E-state index in [-0.39, 0.29) is 17.8 Å². The number of nitrogens with zero attached hydrogens (tertiary/aromatic N) is 3. The van der Waals surface area contributed by atoms with Crippen LogP contribution in [0.1, 0.15) is 77.8 Å². The minimum absolute atomic E-state index is 0.168. The summed E-state index contributed by atoms with van der Waals surface area (Å²) in [6.07, 6.45) is 7.68. The van der Waals surface area contributed by atoms with Gasteiger partial charge in [-0.2, -0.15) is 4.98 Å². The summed E-state index contributed by atoms with van der Waals surface area (Å²) < 4.78 is 0. The number of unbranched alkanes of at least 4 members (excludes halogenated alkanes) is 1. The Hall–Kier alpha value is -3.13. The second-order valence-corrected chi connectivity index (χ2v) is 10.9. The zero-order valence-corrected chi connectivity index (χ0v) is 22.0. The number of pyridine rings is 1. The molecule has 2 aromatic heterocycles. The predicted molar refractivity (Wildman–Crippen MR) is 140 cm³/mol. The quantitative estimate of drug-likeness (QED) is 0.437. The molecule has 0 saturated heterocycles. The summed E-state index contributed by atoms with van der Waals surface area (Å²) in [6, 6.07) is 5.63. The molecule has 0 aliphatic carbocycles. The molecule has 0 bridgehead atoms. The number of hydrogen-bond acceptors (Lipinski definition) is 6. The number of aromatic nitrogens is 3. The standard InChI is InChI=1S/C27H39N5O3/c1-18-12-13-19(17-28-18)14-15-21(33)11-9-8-10-20-16-22(30-23(34)26(2,3)4)31-25(29-20)32-24(35)27(5,6)7/h12-17,21,33H,8-11H2,1-7H3,(H2,29,30,31,32,34,35)/b15-14+. The first kappa shape index (κ1) is 28.1. The van der Waals surface area contributed by atoms with Crippen molar-refractivity contribution in [2.24, 2.45) is 10.8 Å². The number of amides is 2. The minimum Gasteiger partial charge on any atom is -0.389 e. The van der Waals surface area contributed by atoms with Crippen LogP contribution >= 0.6 is 0 Å².